The molecule has 0 aromatic heterocycles. The Bertz CT molecular complexity index is 778. The van der Waals surface area contributed by atoms with Gasteiger partial charge in [-0.25, -0.2) is 9.59 Å². The largest absolute Gasteiger partial charge is 0.444 e. The lowest BCUT2D eigenvalue weighted by Gasteiger charge is -2.31. The highest BCUT2D eigenvalue weighted by atomic mass is 16.7. The number of alkyl carbamates (subject to hydrolysis) is 1. The first kappa shape index (κ1) is 19.9. The molecule has 1 aromatic carbocycles. The summed E-state index contributed by atoms with van der Waals surface area (Å²) in [5.41, 5.74) is -0.255. The molecule has 0 unspecified atom stereocenters. The van der Waals surface area contributed by atoms with E-state index in [-0.39, 0.29) is 11.1 Å². The fourth-order valence-corrected chi connectivity index (χ4v) is 3.45. The smallest absolute Gasteiger partial charge is 0.407 e. The van der Waals surface area contributed by atoms with Crippen molar-refractivity contribution in [3.8, 4) is 0 Å². The van der Waals surface area contributed by atoms with Gasteiger partial charge in [0, 0.05) is 6.04 Å². The SMILES string of the molecule is CC(C)(C)OC(=O)N[C@@H]1CCCC[C@@H]1C(=O)ON1C(=O)c2ccccc2C1=O. The van der Waals surface area contributed by atoms with Crippen molar-refractivity contribution < 1.29 is 28.8 Å². The van der Waals surface area contributed by atoms with Crippen molar-refractivity contribution in [2.45, 2.75) is 58.1 Å². The predicted octanol–water partition coefficient (Wildman–Crippen LogP) is 2.82. The van der Waals surface area contributed by atoms with Gasteiger partial charge in [-0.05, 0) is 45.7 Å². The molecule has 0 spiro atoms. The van der Waals surface area contributed by atoms with E-state index in [1.54, 1.807) is 32.9 Å². The second kappa shape index (κ2) is 7.61. The lowest BCUT2D eigenvalue weighted by Crippen LogP contribution is -2.48. The van der Waals surface area contributed by atoms with Crippen LogP contribution in [0, 0.1) is 5.92 Å². The summed E-state index contributed by atoms with van der Waals surface area (Å²) in [5.74, 6) is -2.70. The zero-order valence-electron chi connectivity index (χ0n) is 16.2. The summed E-state index contributed by atoms with van der Waals surface area (Å²) in [6.45, 7) is 5.25. The van der Waals surface area contributed by atoms with Crippen molar-refractivity contribution >= 4 is 23.9 Å². The molecule has 1 heterocycles. The molecule has 1 aliphatic heterocycles. The van der Waals surface area contributed by atoms with E-state index >= 15 is 0 Å². The maximum absolute atomic E-state index is 12.7. The van der Waals surface area contributed by atoms with E-state index in [0.29, 0.717) is 17.9 Å². The van der Waals surface area contributed by atoms with E-state index in [9.17, 15) is 19.2 Å². The molecular formula is C20H24N2O6. The number of amides is 3. The lowest BCUT2D eigenvalue weighted by atomic mass is 9.84. The number of hydrogen-bond donors (Lipinski definition) is 1. The lowest BCUT2D eigenvalue weighted by molar-refractivity contribution is -0.175. The number of hydroxylamine groups is 2. The molecule has 8 heteroatoms. The van der Waals surface area contributed by atoms with Gasteiger partial charge in [0.15, 0.2) is 0 Å². The van der Waals surface area contributed by atoms with Gasteiger partial charge in [0.1, 0.15) is 5.60 Å². The van der Waals surface area contributed by atoms with Gasteiger partial charge in [0.05, 0.1) is 17.0 Å². The van der Waals surface area contributed by atoms with E-state index in [1.165, 1.54) is 12.1 Å². The quantitative estimate of drug-likeness (QED) is 0.799. The Labute approximate surface area is 163 Å². The van der Waals surface area contributed by atoms with E-state index < -0.39 is 41.4 Å². The number of ether oxygens (including phenoxy) is 1. The Balaban J connectivity index is 1.68. The normalized spacial score (nSPS) is 21.9. The first-order valence-electron chi connectivity index (χ1n) is 9.36. The van der Waals surface area contributed by atoms with Crippen LogP contribution in [0.15, 0.2) is 24.3 Å². The highest BCUT2D eigenvalue weighted by molar-refractivity contribution is 6.20. The molecule has 1 aliphatic carbocycles. The average molecular weight is 388 g/mol. The third kappa shape index (κ3) is 4.16. The summed E-state index contributed by atoms with van der Waals surface area (Å²) in [6.07, 6.45) is 2.09. The van der Waals surface area contributed by atoms with Crippen LogP contribution in [-0.4, -0.2) is 40.6 Å². The molecule has 0 bridgehead atoms. The molecule has 1 fully saturated rings. The molecule has 2 aliphatic rings. The molecule has 1 saturated carbocycles. The van der Waals surface area contributed by atoms with Crippen molar-refractivity contribution in [1.82, 2.24) is 10.4 Å². The first-order valence-corrected chi connectivity index (χ1v) is 9.36. The number of nitrogens with zero attached hydrogens (tertiary/aromatic N) is 1. The number of carbonyl (C=O) groups is 4. The van der Waals surface area contributed by atoms with Crippen molar-refractivity contribution in [2.75, 3.05) is 0 Å². The number of nitrogens with one attached hydrogen (secondary N) is 1. The number of benzene rings is 1. The average Bonchev–Trinajstić information content (AvgIpc) is 2.86. The fraction of sp³-hybridized carbons (Fsp3) is 0.500. The molecule has 1 N–H and O–H groups in total. The van der Waals surface area contributed by atoms with Gasteiger partial charge in [-0.2, -0.15) is 0 Å². The van der Waals surface area contributed by atoms with Gasteiger partial charge >= 0.3 is 12.1 Å². The van der Waals surface area contributed by atoms with Crippen LogP contribution in [0.3, 0.4) is 0 Å². The van der Waals surface area contributed by atoms with Crippen molar-refractivity contribution in [3.63, 3.8) is 0 Å². The monoisotopic (exact) mass is 388 g/mol. The molecule has 0 radical (unpaired) electrons. The number of fused-ring (bicyclic) bond motifs is 1. The Morgan fingerprint density at radius 1 is 1.04 bits per heavy atom. The van der Waals surface area contributed by atoms with Crippen LogP contribution in [0.5, 0.6) is 0 Å². The number of carbonyl (C=O) groups excluding carboxylic acids is 4. The van der Waals surface area contributed by atoms with Crippen LogP contribution in [0.1, 0.15) is 67.2 Å². The van der Waals surface area contributed by atoms with Gasteiger partial charge in [0.2, 0.25) is 0 Å². The zero-order valence-corrected chi connectivity index (χ0v) is 16.2. The minimum absolute atomic E-state index is 0.201. The number of hydrogen-bond acceptors (Lipinski definition) is 6. The standard InChI is InChI=1S/C20H24N2O6/c1-20(2,3)27-19(26)21-15-11-7-6-10-14(15)18(25)28-22-16(23)12-8-4-5-9-13(12)17(22)24/h4-5,8-9,14-15H,6-7,10-11H2,1-3H3,(H,21,26)/t14-,15+/m0/s1. The van der Waals surface area contributed by atoms with Gasteiger partial charge in [-0.3, -0.25) is 9.59 Å². The van der Waals surface area contributed by atoms with E-state index in [4.69, 9.17) is 9.57 Å². The van der Waals surface area contributed by atoms with E-state index in [2.05, 4.69) is 5.32 Å². The molecule has 3 rings (SSSR count). The van der Waals surface area contributed by atoms with Crippen molar-refractivity contribution in [1.29, 1.82) is 0 Å². The minimum Gasteiger partial charge on any atom is -0.444 e. The molecule has 8 nitrogen and oxygen atoms in total. The second-order valence-electron chi connectivity index (χ2n) is 8.00. The molecule has 2 atom stereocenters. The summed E-state index contributed by atoms with van der Waals surface area (Å²) < 4.78 is 5.26. The third-order valence-electron chi connectivity index (χ3n) is 4.71. The minimum atomic E-state index is -0.713. The Morgan fingerprint density at radius 2 is 1.61 bits per heavy atom. The highest BCUT2D eigenvalue weighted by Gasteiger charge is 2.42. The van der Waals surface area contributed by atoms with E-state index in [0.717, 1.165) is 12.8 Å². The molecule has 0 saturated heterocycles. The second-order valence-corrected chi connectivity index (χ2v) is 8.00. The van der Waals surface area contributed by atoms with Crippen molar-refractivity contribution in [3.05, 3.63) is 35.4 Å². The van der Waals surface area contributed by atoms with Crippen LogP contribution in [0.4, 0.5) is 4.79 Å². The zero-order chi connectivity index (χ0) is 20.5. The maximum Gasteiger partial charge on any atom is 0.407 e. The first-order chi connectivity index (χ1) is 13.2. The summed E-state index contributed by atoms with van der Waals surface area (Å²) in [6, 6.07) is 5.81. The topological polar surface area (TPSA) is 102 Å². The van der Waals surface area contributed by atoms with Gasteiger partial charge in [-0.15, -0.1) is 0 Å². The Hall–Kier alpha value is -2.90. The van der Waals surface area contributed by atoms with Crippen LogP contribution in [0.25, 0.3) is 0 Å². The Kier molecular flexibility index (Phi) is 5.40. The number of rotatable bonds is 3. The molecule has 28 heavy (non-hydrogen) atoms. The highest BCUT2D eigenvalue weighted by Crippen LogP contribution is 2.28. The summed E-state index contributed by atoms with van der Waals surface area (Å²) in [7, 11) is 0. The van der Waals surface area contributed by atoms with Gasteiger partial charge in [-0.1, -0.05) is 30.0 Å². The molecule has 150 valence electrons. The predicted molar refractivity (Wildman–Crippen MR) is 98.1 cm³/mol. The van der Waals surface area contributed by atoms with Crippen LogP contribution < -0.4 is 5.32 Å². The number of imide groups is 1. The Morgan fingerprint density at radius 3 is 2.18 bits per heavy atom. The molecule has 1 aromatic rings. The summed E-state index contributed by atoms with van der Waals surface area (Å²) >= 11 is 0. The summed E-state index contributed by atoms with van der Waals surface area (Å²) in [4.78, 5) is 54.7. The van der Waals surface area contributed by atoms with Crippen LogP contribution >= 0.6 is 0 Å². The van der Waals surface area contributed by atoms with E-state index in [1.807, 2.05) is 0 Å². The van der Waals surface area contributed by atoms with Crippen LogP contribution in [0.2, 0.25) is 0 Å². The van der Waals surface area contributed by atoms with Gasteiger partial charge in [0.25, 0.3) is 11.8 Å². The van der Waals surface area contributed by atoms with Crippen molar-refractivity contribution in [2.24, 2.45) is 5.92 Å². The fourth-order valence-electron chi connectivity index (χ4n) is 3.45. The summed E-state index contributed by atoms with van der Waals surface area (Å²) in [5, 5.41) is 3.23. The maximum atomic E-state index is 12.7. The molecular weight excluding hydrogens is 364 g/mol. The van der Waals surface area contributed by atoms with Gasteiger partial charge < -0.3 is 14.9 Å². The van der Waals surface area contributed by atoms with Crippen LogP contribution in [-0.2, 0) is 14.4 Å². The molecule has 3 amide bonds. The third-order valence-corrected chi connectivity index (χ3v) is 4.71.